The molecular formula is C17H26N2O5. The van der Waals surface area contributed by atoms with Crippen LogP contribution in [-0.2, 0) is 16.1 Å². The summed E-state index contributed by atoms with van der Waals surface area (Å²) in [7, 11) is 4.70. The van der Waals surface area contributed by atoms with Gasteiger partial charge in [0.1, 0.15) is 0 Å². The number of methoxy groups -OCH3 is 3. The molecule has 0 unspecified atom stereocenters. The topological polar surface area (TPSA) is 69.3 Å². The number of nitrogens with zero attached hydrogens (tertiary/aromatic N) is 1. The first-order valence-electron chi connectivity index (χ1n) is 7.97. The van der Waals surface area contributed by atoms with E-state index in [-0.39, 0.29) is 12.0 Å². The minimum Gasteiger partial charge on any atom is -0.493 e. The highest BCUT2D eigenvalue weighted by Crippen LogP contribution is 2.38. The van der Waals surface area contributed by atoms with Gasteiger partial charge in [-0.15, -0.1) is 0 Å². The molecule has 1 N–H and O–H groups in total. The van der Waals surface area contributed by atoms with Crippen LogP contribution in [0.25, 0.3) is 0 Å². The molecule has 1 fully saturated rings. The van der Waals surface area contributed by atoms with Crippen molar-refractivity contribution in [2.24, 2.45) is 0 Å². The summed E-state index contributed by atoms with van der Waals surface area (Å²) in [5.41, 5.74) is 0.883. The SMILES string of the molecule is COc1cc(CNC(=O)CN2CCO[C@H](C)C2)cc(OC)c1OC. The van der Waals surface area contributed by atoms with E-state index in [4.69, 9.17) is 18.9 Å². The molecule has 7 nitrogen and oxygen atoms in total. The van der Waals surface area contributed by atoms with Crippen LogP contribution in [0.15, 0.2) is 12.1 Å². The fourth-order valence-corrected chi connectivity index (χ4v) is 2.73. The minimum atomic E-state index is -0.0159. The molecule has 1 aromatic rings. The fraction of sp³-hybridized carbons (Fsp3) is 0.588. The molecule has 2 rings (SSSR count). The standard InChI is InChI=1S/C17H26N2O5/c1-12-10-19(5-6-24-12)11-16(20)18-9-13-7-14(21-2)17(23-4)15(8-13)22-3/h7-8,12H,5-6,9-11H2,1-4H3,(H,18,20)/t12-/m1/s1. The molecule has 0 radical (unpaired) electrons. The summed E-state index contributed by atoms with van der Waals surface area (Å²) in [4.78, 5) is 14.2. The quantitative estimate of drug-likeness (QED) is 0.801. The van der Waals surface area contributed by atoms with E-state index in [9.17, 15) is 4.79 Å². The lowest BCUT2D eigenvalue weighted by molar-refractivity contribution is -0.124. The van der Waals surface area contributed by atoms with Crippen LogP contribution >= 0.6 is 0 Å². The van der Waals surface area contributed by atoms with Crippen molar-refractivity contribution in [3.63, 3.8) is 0 Å². The third kappa shape index (κ3) is 4.75. The highest BCUT2D eigenvalue weighted by Gasteiger charge is 2.19. The van der Waals surface area contributed by atoms with Gasteiger partial charge in [0.25, 0.3) is 0 Å². The van der Waals surface area contributed by atoms with Crippen LogP contribution in [-0.4, -0.2) is 64.5 Å². The zero-order chi connectivity index (χ0) is 17.5. The molecular weight excluding hydrogens is 312 g/mol. The van der Waals surface area contributed by atoms with Crippen LogP contribution in [0.3, 0.4) is 0 Å². The van der Waals surface area contributed by atoms with Crippen LogP contribution in [0, 0.1) is 0 Å². The van der Waals surface area contributed by atoms with Crippen molar-refractivity contribution in [3.05, 3.63) is 17.7 Å². The number of ether oxygens (including phenoxy) is 4. The lowest BCUT2D eigenvalue weighted by Gasteiger charge is -2.30. The number of carbonyl (C=O) groups is 1. The number of hydrogen-bond acceptors (Lipinski definition) is 6. The van der Waals surface area contributed by atoms with Gasteiger partial charge in [-0.25, -0.2) is 0 Å². The molecule has 1 aromatic carbocycles. The number of carbonyl (C=O) groups excluding carboxylic acids is 1. The van der Waals surface area contributed by atoms with E-state index < -0.39 is 0 Å². The Bertz CT molecular complexity index is 539. The van der Waals surface area contributed by atoms with E-state index in [0.29, 0.717) is 36.9 Å². The lowest BCUT2D eigenvalue weighted by Crippen LogP contribution is -2.45. The molecule has 0 spiro atoms. The summed E-state index contributed by atoms with van der Waals surface area (Å²) in [5.74, 6) is 1.67. The van der Waals surface area contributed by atoms with E-state index in [1.165, 1.54) is 0 Å². The number of hydrogen-bond donors (Lipinski definition) is 1. The first-order chi connectivity index (χ1) is 11.6. The zero-order valence-corrected chi connectivity index (χ0v) is 14.8. The molecule has 0 bridgehead atoms. The van der Waals surface area contributed by atoms with Gasteiger partial charge < -0.3 is 24.3 Å². The van der Waals surface area contributed by atoms with Crippen LogP contribution in [0.1, 0.15) is 12.5 Å². The second-order valence-corrected chi connectivity index (χ2v) is 5.73. The van der Waals surface area contributed by atoms with Crippen LogP contribution in [0.2, 0.25) is 0 Å². The molecule has 1 atom stereocenters. The number of nitrogens with one attached hydrogen (secondary N) is 1. The van der Waals surface area contributed by atoms with E-state index in [1.807, 2.05) is 19.1 Å². The molecule has 134 valence electrons. The van der Waals surface area contributed by atoms with E-state index in [0.717, 1.165) is 18.7 Å². The molecule has 0 aromatic heterocycles. The fourth-order valence-electron chi connectivity index (χ4n) is 2.73. The number of morpholine rings is 1. The maximum absolute atomic E-state index is 12.1. The van der Waals surface area contributed by atoms with Gasteiger partial charge in [-0.3, -0.25) is 9.69 Å². The Labute approximate surface area is 142 Å². The Balaban J connectivity index is 1.94. The molecule has 0 aliphatic carbocycles. The van der Waals surface area contributed by atoms with Gasteiger partial charge in [0, 0.05) is 19.6 Å². The summed E-state index contributed by atoms with van der Waals surface area (Å²) < 4.78 is 21.4. The van der Waals surface area contributed by atoms with E-state index >= 15 is 0 Å². The molecule has 1 saturated heterocycles. The molecule has 0 saturated carbocycles. The van der Waals surface area contributed by atoms with Gasteiger partial charge in [-0.2, -0.15) is 0 Å². The largest absolute Gasteiger partial charge is 0.493 e. The van der Waals surface area contributed by atoms with Gasteiger partial charge in [0.15, 0.2) is 11.5 Å². The van der Waals surface area contributed by atoms with E-state index in [2.05, 4.69) is 10.2 Å². The monoisotopic (exact) mass is 338 g/mol. The molecule has 7 heteroatoms. The van der Waals surface area contributed by atoms with Crippen LogP contribution < -0.4 is 19.5 Å². The van der Waals surface area contributed by atoms with Gasteiger partial charge >= 0.3 is 0 Å². The van der Waals surface area contributed by atoms with Crippen molar-refractivity contribution in [2.45, 2.75) is 19.6 Å². The molecule has 1 amide bonds. The van der Waals surface area contributed by atoms with Crippen LogP contribution in [0.4, 0.5) is 0 Å². The predicted octanol–water partition coefficient (Wildman–Crippen LogP) is 1.05. The molecule has 1 aliphatic heterocycles. The first kappa shape index (κ1) is 18.4. The normalized spacial score (nSPS) is 18.1. The molecule has 24 heavy (non-hydrogen) atoms. The summed E-state index contributed by atoms with van der Waals surface area (Å²) in [6.07, 6.45) is 0.168. The Hall–Kier alpha value is -1.99. The van der Waals surface area contributed by atoms with Crippen molar-refractivity contribution in [1.29, 1.82) is 0 Å². The average molecular weight is 338 g/mol. The Morgan fingerprint density at radius 1 is 1.25 bits per heavy atom. The van der Waals surface area contributed by atoms with Crippen molar-refractivity contribution in [3.8, 4) is 17.2 Å². The summed E-state index contributed by atoms with van der Waals surface area (Å²) >= 11 is 0. The van der Waals surface area contributed by atoms with E-state index in [1.54, 1.807) is 21.3 Å². The number of rotatable bonds is 7. The van der Waals surface area contributed by atoms with Gasteiger partial charge in [0.2, 0.25) is 11.7 Å². The third-order valence-corrected chi connectivity index (χ3v) is 3.91. The second kappa shape index (κ2) is 8.75. The number of amides is 1. The van der Waals surface area contributed by atoms with Crippen molar-refractivity contribution >= 4 is 5.91 Å². The Morgan fingerprint density at radius 3 is 2.46 bits per heavy atom. The molecule has 1 aliphatic rings. The first-order valence-corrected chi connectivity index (χ1v) is 7.97. The highest BCUT2D eigenvalue weighted by atomic mass is 16.5. The molecule has 1 heterocycles. The average Bonchev–Trinajstić information content (AvgIpc) is 2.58. The van der Waals surface area contributed by atoms with Gasteiger partial charge in [0.05, 0.1) is 40.6 Å². The van der Waals surface area contributed by atoms with Crippen molar-refractivity contribution in [1.82, 2.24) is 10.2 Å². The minimum absolute atomic E-state index is 0.0159. The smallest absolute Gasteiger partial charge is 0.234 e. The van der Waals surface area contributed by atoms with Crippen LogP contribution in [0.5, 0.6) is 17.2 Å². The highest BCUT2D eigenvalue weighted by molar-refractivity contribution is 5.78. The third-order valence-electron chi connectivity index (χ3n) is 3.91. The van der Waals surface area contributed by atoms with Gasteiger partial charge in [-0.05, 0) is 24.6 Å². The predicted molar refractivity (Wildman–Crippen MR) is 89.8 cm³/mol. The number of benzene rings is 1. The van der Waals surface area contributed by atoms with Gasteiger partial charge in [-0.1, -0.05) is 0 Å². The lowest BCUT2D eigenvalue weighted by atomic mass is 10.1. The zero-order valence-electron chi connectivity index (χ0n) is 14.8. The maximum Gasteiger partial charge on any atom is 0.234 e. The summed E-state index contributed by atoms with van der Waals surface area (Å²) in [6.45, 7) is 5.01. The Morgan fingerprint density at radius 2 is 1.92 bits per heavy atom. The van der Waals surface area contributed by atoms with Crippen molar-refractivity contribution < 1.29 is 23.7 Å². The second-order valence-electron chi connectivity index (χ2n) is 5.73. The maximum atomic E-state index is 12.1. The Kier molecular flexibility index (Phi) is 6.69. The summed E-state index contributed by atoms with van der Waals surface area (Å²) in [5, 5.41) is 2.93. The summed E-state index contributed by atoms with van der Waals surface area (Å²) in [6, 6.07) is 3.66. The van der Waals surface area contributed by atoms with Crippen molar-refractivity contribution in [2.75, 3.05) is 47.6 Å².